The maximum Gasteiger partial charge on any atom is 0.262 e. The molecule has 6 heteroatoms. The van der Waals surface area contributed by atoms with Crippen LogP contribution >= 0.6 is 11.6 Å². The van der Waals surface area contributed by atoms with Gasteiger partial charge in [0.15, 0.2) is 0 Å². The number of nitrogens with zero attached hydrogens (tertiary/aromatic N) is 1. The maximum atomic E-state index is 12.4. The van der Waals surface area contributed by atoms with E-state index in [4.69, 9.17) is 20.8 Å². The van der Waals surface area contributed by atoms with Crippen LogP contribution in [0.4, 0.5) is 0 Å². The molecule has 0 aliphatic rings. The van der Waals surface area contributed by atoms with Gasteiger partial charge in [-0.3, -0.25) is 4.79 Å². The first-order valence-electron chi connectivity index (χ1n) is 8.89. The molecule has 0 saturated heterocycles. The van der Waals surface area contributed by atoms with Crippen LogP contribution in [0.1, 0.15) is 16.9 Å². The molecule has 0 aliphatic carbocycles. The number of amides is 1. The highest BCUT2D eigenvalue weighted by Gasteiger charge is 2.12. The number of benzene rings is 2. The Morgan fingerprint density at radius 2 is 2.07 bits per heavy atom. The summed E-state index contributed by atoms with van der Waals surface area (Å²) < 4.78 is 11.1. The van der Waals surface area contributed by atoms with Crippen molar-refractivity contribution in [3.63, 3.8) is 0 Å². The van der Waals surface area contributed by atoms with E-state index in [9.17, 15) is 10.1 Å². The van der Waals surface area contributed by atoms with Gasteiger partial charge in [0, 0.05) is 28.8 Å². The summed E-state index contributed by atoms with van der Waals surface area (Å²) in [5.74, 6) is 1.20. The van der Waals surface area contributed by atoms with Crippen molar-refractivity contribution in [1.82, 2.24) is 5.32 Å². The van der Waals surface area contributed by atoms with E-state index in [1.165, 1.54) is 6.08 Å². The lowest BCUT2D eigenvalue weighted by atomic mass is 10.1. The highest BCUT2D eigenvalue weighted by atomic mass is 35.5. The standard InChI is InChI=1S/C23H19ClN2O3/c1-15-6-7-17(22(10-15)28-2)14-26-23(27)18(13-25)12-20-8-9-21(29-20)16-4-3-5-19(24)11-16/h3-12H,14H2,1-2H3,(H,26,27)/b18-12+. The van der Waals surface area contributed by atoms with Crippen molar-refractivity contribution in [3.8, 4) is 23.1 Å². The van der Waals surface area contributed by atoms with Crippen molar-refractivity contribution in [2.24, 2.45) is 0 Å². The molecule has 5 nitrogen and oxygen atoms in total. The zero-order valence-electron chi connectivity index (χ0n) is 16.0. The lowest BCUT2D eigenvalue weighted by Gasteiger charge is -2.10. The van der Waals surface area contributed by atoms with Gasteiger partial charge in [0.25, 0.3) is 5.91 Å². The Bertz CT molecular complexity index is 1110. The number of aryl methyl sites for hydroxylation is 1. The van der Waals surface area contributed by atoms with Gasteiger partial charge < -0.3 is 14.5 Å². The van der Waals surface area contributed by atoms with Crippen LogP contribution in [0.15, 0.2) is 64.6 Å². The fourth-order valence-electron chi connectivity index (χ4n) is 2.79. The summed E-state index contributed by atoms with van der Waals surface area (Å²) in [6.07, 6.45) is 1.41. The average molecular weight is 407 g/mol. The van der Waals surface area contributed by atoms with Crippen LogP contribution in [-0.2, 0) is 11.3 Å². The van der Waals surface area contributed by atoms with E-state index in [1.807, 2.05) is 43.3 Å². The molecule has 0 unspecified atom stereocenters. The molecule has 1 amide bonds. The second-order valence-electron chi connectivity index (χ2n) is 6.38. The number of hydrogen-bond donors (Lipinski definition) is 1. The van der Waals surface area contributed by atoms with Crippen LogP contribution in [0.25, 0.3) is 17.4 Å². The summed E-state index contributed by atoms with van der Waals surface area (Å²) in [5.41, 5.74) is 2.64. The second-order valence-corrected chi connectivity index (χ2v) is 6.82. The number of carbonyl (C=O) groups excluding carboxylic acids is 1. The molecule has 146 valence electrons. The molecule has 29 heavy (non-hydrogen) atoms. The number of nitriles is 1. The zero-order valence-corrected chi connectivity index (χ0v) is 16.8. The van der Waals surface area contributed by atoms with E-state index in [1.54, 1.807) is 31.4 Å². The molecule has 0 saturated carbocycles. The van der Waals surface area contributed by atoms with Gasteiger partial charge >= 0.3 is 0 Å². The van der Waals surface area contributed by atoms with E-state index >= 15 is 0 Å². The summed E-state index contributed by atoms with van der Waals surface area (Å²) in [6, 6.07) is 18.3. The number of methoxy groups -OCH3 is 1. The third-order valence-electron chi connectivity index (χ3n) is 4.27. The molecule has 0 aliphatic heterocycles. The Morgan fingerprint density at radius 1 is 1.24 bits per heavy atom. The molecule has 0 bridgehead atoms. The molecule has 3 aromatic rings. The summed E-state index contributed by atoms with van der Waals surface area (Å²) >= 11 is 6.01. The number of halogens is 1. The van der Waals surface area contributed by atoms with Gasteiger partial charge in [0.2, 0.25) is 0 Å². The second kappa shape index (κ2) is 9.13. The Labute approximate surface area is 174 Å². The third kappa shape index (κ3) is 5.07. The van der Waals surface area contributed by atoms with Crippen LogP contribution in [0.3, 0.4) is 0 Å². The molecular weight excluding hydrogens is 388 g/mol. The van der Waals surface area contributed by atoms with Gasteiger partial charge in [-0.1, -0.05) is 35.9 Å². The topological polar surface area (TPSA) is 75.3 Å². The lowest BCUT2D eigenvalue weighted by molar-refractivity contribution is -0.117. The molecular formula is C23H19ClN2O3. The first kappa shape index (κ1) is 20.2. The van der Waals surface area contributed by atoms with Gasteiger partial charge in [0.05, 0.1) is 7.11 Å². The first-order valence-corrected chi connectivity index (χ1v) is 9.27. The van der Waals surface area contributed by atoms with E-state index in [2.05, 4.69) is 5.32 Å². The Morgan fingerprint density at radius 3 is 2.79 bits per heavy atom. The molecule has 0 fully saturated rings. The number of furan rings is 1. The Balaban J connectivity index is 1.73. The van der Waals surface area contributed by atoms with Gasteiger partial charge in [-0.15, -0.1) is 0 Å². The molecule has 0 spiro atoms. The smallest absolute Gasteiger partial charge is 0.262 e. The highest BCUT2D eigenvalue weighted by molar-refractivity contribution is 6.30. The van der Waals surface area contributed by atoms with Gasteiger partial charge in [0.1, 0.15) is 28.9 Å². The molecule has 3 rings (SSSR count). The minimum atomic E-state index is -0.490. The monoisotopic (exact) mass is 406 g/mol. The molecule has 1 aromatic heterocycles. The predicted octanol–water partition coefficient (Wildman–Crippen LogP) is 5.14. The minimum absolute atomic E-state index is 0.0527. The molecule has 0 radical (unpaired) electrons. The van der Waals surface area contributed by atoms with Crippen LogP contribution < -0.4 is 10.1 Å². The van der Waals surface area contributed by atoms with Crippen molar-refractivity contribution in [1.29, 1.82) is 5.26 Å². The van der Waals surface area contributed by atoms with Crippen LogP contribution in [0.5, 0.6) is 5.75 Å². The minimum Gasteiger partial charge on any atom is -0.496 e. The average Bonchev–Trinajstić information content (AvgIpc) is 3.19. The Hall–Kier alpha value is -3.49. The third-order valence-corrected chi connectivity index (χ3v) is 4.50. The fraction of sp³-hybridized carbons (Fsp3) is 0.130. The lowest BCUT2D eigenvalue weighted by Crippen LogP contribution is -2.24. The maximum absolute atomic E-state index is 12.4. The Kier molecular flexibility index (Phi) is 6.38. The van der Waals surface area contributed by atoms with Gasteiger partial charge in [-0.05, 0) is 42.8 Å². The van der Waals surface area contributed by atoms with E-state index in [0.717, 1.165) is 16.7 Å². The normalized spacial score (nSPS) is 11.0. The fourth-order valence-corrected chi connectivity index (χ4v) is 2.98. The molecule has 2 aromatic carbocycles. The van der Waals surface area contributed by atoms with Gasteiger partial charge in [-0.25, -0.2) is 0 Å². The summed E-state index contributed by atoms with van der Waals surface area (Å²) in [5, 5.41) is 12.7. The van der Waals surface area contributed by atoms with E-state index < -0.39 is 5.91 Å². The van der Waals surface area contributed by atoms with Crippen molar-refractivity contribution in [2.75, 3.05) is 7.11 Å². The van der Waals surface area contributed by atoms with Crippen molar-refractivity contribution >= 4 is 23.6 Å². The molecule has 0 atom stereocenters. The van der Waals surface area contributed by atoms with E-state index in [0.29, 0.717) is 22.3 Å². The van der Waals surface area contributed by atoms with E-state index in [-0.39, 0.29) is 12.1 Å². The summed E-state index contributed by atoms with van der Waals surface area (Å²) in [7, 11) is 1.58. The number of carbonyl (C=O) groups is 1. The van der Waals surface area contributed by atoms with Crippen molar-refractivity contribution < 1.29 is 13.9 Å². The van der Waals surface area contributed by atoms with Crippen LogP contribution in [0.2, 0.25) is 5.02 Å². The number of nitrogens with one attached hydrogen (secondary N) is 1. The van der Waals surface area contributed by atoms with Gasteiger partial charge in [-0.2, -0.15) is 5.26 Å². The number of hydrogen-bond acceptors (Lipinski definition) is 4. The van der Waals surface area contributed by atoms with Crippen molar-refractivity contribution in [2.45, 2.75) is 13.5 Å². The highest BCUT2D eigenvalue weighted by Crippen LogP contribution is 2.26. The zero-order chi connectivity index (χ0) is 20.8. The summed E-state index contributed by atoms with van der Waals surface area (Å²) in [4.78, 5) is 12.4. The van der Waals surface area contributed by atoms with Crippen LogP contribution in [-0.4, -0.2) is 13.0 Å². The first-order chi connectivity index (χ1) is 14.0. The molecule has 1 N–H and O–H groups in total. The number of ether oxygens (including phenoxy) is 1. The predicted molar refractivity (Wildman–Crippen MR) is 112 cm³/mol. The largest absolute Gasteiger partial charge is 0.496 e. The molecule has 1 heterocycles. The quantitative estimate of drug-likeness (QED) is 0.454. The van der Waals surface area contributed by atoms with Crippen LogP contribution in [0, 0.1) is 18.3 Å². The number of rotatable bonds is 6. The van der Waals surface area contributed by atoms with Crippen molar-refractivity contribution in [3.05, 3.63) is 82.1 Å². The SMILES string of the molecule is COc1cc(C)ccc1CNC(=O)/C(C#N)=C/c1ccc(-c2cccc(Cl)c2)o1. The summed E-state index contributed by atoms with van der Waals surface area (Å²) in [6.45, 7) is 2.20.